The number of nitrogens with zero attached hydrogens (tertiary/aromatic N) is 2. The molecule has 2 aromatic rings. The van der Waals surface area contributed by atoms with Gasteiger partial charge in [-0.3, -0.25) is 0 Å². The standard InChI is InChI=1S/C26H38N2/c1-3-5-6-7-8-10-22-13-17-24(18-14-22)26-20-19-25(27-28-26)23-15-11-21(9-4-2)12-16-23/h11-12,15-16,19-20,22,24H,3-10,13-14,17-18H2,1-2H3. The Kier molecular flexibility index (Phi) is 8.51. The van der Waals surface area contributed by atoms with Crippen molar-refractivity contribution >= 4 is 0 Å². The number of unbranched alkanes of at least 4 members (excludes halogenated alkanes) is 4. The summed E-state index contributed by atoms with van der Waals surface area (Å²) in [5, 5.41) is 9.16. The minimum absolute atomic E-state index is 0.616. The van der Waals surface area contributed by atoms with Crippen LogP contribution in [0.25, 0.3) is 11.3 Å². The molecule has 1 heterocycles. The molecule has 2 heteroatoms. The lowest BCUT2D eigenvalue weighted by Gasteiger charge is -2.28. The zero-order valence-corrected chi connectivity index (χ0v) is 18.0. The number of aryl methyl sites for hydroxylation is 1. The van der Waals surface area contributed by atoms with E-state index in [9.17, 15) is 0 Å². The molecule has 152 valence electrons. The second-order valence-corrected chi connectivity index (χ2v) is 8.71. The van der Waals surface area contributed by atoms with Gasteiger partial charge in [0.25, 0.3) is 0 Å². The first kappa shape index (κ1) is 21.0. The molecule has 0 bridgehead atoms. The van der Waals surface area contributed by atoms with E-state index in [0.29, 0.717) is 5.92 Å². The van der Waals surface area contributed by atoms with Crippen molar-refractivity contribution in [3.63, 3.8) is 0 Å². The fourth-order valence-corrected chi connectivity index (χ4v) is 4.63. The third-order valence-corrected chi connectivity index (χ3v) is 6.45. The Morgan fingerprint density at radius 2 is 1.50 bits per heavy atom. The Hall–Kier alpha value is -1.70. The van der Waals surface area contributed by atoms with Crippen LogP contribution in [0.15, 0.2) is 36.4 Å². The van der Waals surface area contributed by atoms with Gasteiger partial charge < -0.3 is 0 Å². The zero-order chi connectivity index (χ0) is 19.6. The summed E-state index contributed by atoms with van der Waals surface area (Å²) >= 11 is 0. The largest absolute Gasteiger partial charge is 0.155 e. The second-order valence-electron chi connectivity index (χ2n) is 8.71. The first-order valence-electron chi connectivity index (χ1n) is 11.7. The van der Waals surface area contributed by atoms with Crippen LogP contribution in [-0.4, -0.2) is 10.2 Å². The van der Waals surface area contributed by atoms with E-state index in [-0.39, 0.29) is 0 Å². The van der Waals surface area contributed by atoms with Crippen molar-refractivity contribution < 1.29 is 0 Å². The second kappa shape index (κ2) is 11.3. The molecule has 1 aliphatic rings. The van der Waals surface area contributed by atoms with Crippen LogP contribution in [-0.2, 0) is 6.42 Å². The Morgan fingerprint density at radius 1 is 0.750 bits per heavy atom. The predicted molar refractivity (Wildman–Crippen MR) is 120 cm³/mol. The number of benzene rings is 1. The third kappa shape index (κ3) is 6.15. The summed E-state index contributed by atoms with van der Waals surface area (Å²) in [4.78, 5) is 0. The highest BCUT2D eigenvalue weighted by molar-refractivity contribution is 5.58. The predicted octanol–water partition coefficient (Wildman–Crippen LogP) is 7.73. The fraction of sp³-hybridized carbons (Fsp3) is 0.615. The molecule has 3 rings (SSSR count). The van der Waals surface area contributed by atoms with Crippen molar-refractivity contribution in [2.24, 2.45) is 5.92 Å². The normalized spacial score (nSPS) is 19.6. The van der Waals surface area contributed by atoms with E-state index in [2.05, 4.69) is 60.4 Å². The summed E-state index contributed by atoms with van der Waals surface area (Å²) in [5.74, 6) is 1.57. The van der Waals surface area contributed by atoms with Crippen molar-refractivity contribution in [3.8, 4) is 11.3 Å². The third-order valence-electron chi connectivity index (χ3n) is 6.45. The van der Waals surface area contributed by atoms with Crippen LogP contribution in [0, 0.1) is 5.92 Å². The highest BCUT2D eigenvalue weighted by Crippen LogP contribution is 2.37. The van der Waals surface area contributed by atoms with Gasteiger partial charge in [0.15, 0.2) is 0 Å². The fourth-order valence-electron chi connectivity index (χ4n) is 4.63. The van der Waals surface area contributed by atoms with Gasteiger partial charge in [-0.05, 0) is 55.7 Å². The molecule has 0 atom stereocenters. The van der Waals surface area contributed by atoms with Gasteiger partial charge in [0, 0.05) is 11.5 Å². The van der Waals surface area contributed by atoms with Gasteiger partial charge in [0.2, 0.25) is 0 Å². The monoisotopic (exact) mass is 378 g/mol. The maximum atomic E-state index is 4.61. The van der Waals surface area contributed by atoms with E-state index in [4.69, 9.17) is 0 Å². The lowest BCUT2D eigenvalue weighted by molar-refractivity contribution is 0.298. The van der Waals surface area contributed by atoms with Crippen molar-refractivity contribution in [2.75, 3.05) is 0 Å². The van der Waals surface area contributed by atoms with E-state index in [1.807, 2.05) is 0 Å². The van der Waals surface area contributed by atoms with Crippen molar-refractivity contribution in [3.05, 3.63) is 47.7 Å². The lowest BCUT2D eigenvalue weighted by Crippen LogP contribution is -2.14. The van der Waals surface area contributed by atoms with Crippen LogP contribution in [0.4, 0.5) is 0 Å². The van der Waals surface area contributed by atoms with Gasteiger partial charge in [-0.15, -0.1) is 0 Å². The molecule has 1 aliphatic carbocycles. The van der Waals surface area contributed by atoms with E-state index >= 15 is 0 Å². The Morgan fingerprint density at radius 3 is 2.14 bits per heavy atom. The van der Waals surface area contributed by atoms with E-state index < -0.39 is 0 Å². The number of rotatable bonds is 10. The van der Waals surface area contributed by atoms with Crippen LogP contribution in [0.3, 0.4) is 0 Å². The van der Waals surface area contributed by atoms with Gasteiger partial charge in [-0.2, -0.15) is 10.2 Å². The molecule has 1 fully saturated rings. The summed E-state index contributed by atoms with van der Waals surface area (Å²) in [5.41, 5.74) is 4.77. The van der Waals surface area contributed by atoms with Crippen LogP contribution >= 0.6 is 0 Å². The molecule has 2 nitrogen and oxygen atoms in total. The molecule has 0 radical (unpaired) electrons. The SMILES string of the molecule is CCCCCCCC1CCC(c2ccc(-c3ccc(CCC)cc3)nn2)CC1. The molecule has 0 saturated heterocycles. The first-order chi connectivity index (χ1) is 13.8. The van der Waals surface area contributed by atoms with Gasteiger partial charge in [-0.25, -0.2) is 0 Å². The molecule has 0 N–H and O–H groups in total. The summed E-state index contributed by atoms with van der Waals surface area (Å²) in [6.07, 6.45) is 16.1. The number of hydrogen-bond acceptors (Lipinski definition) is 2. The Bertz CT molecular complexity index is 667. The van der Waals surface area contributed by atoms with Crippen LogP contribution < -0.4 is 0 Å². The Balaban J connectivity index is 1.46. The van der Waals surface area contributed by atoms with Crippen LogP contribution in [0.1, 0.15) is 102 Å². The smallest absolute Gasteiger partial charge is 0.0929 e. The quantitative estimate of drug-likeness (QED) is 0.395. The summed E-state index contributed by atoms with van der Waals surface area (Å²) in [7, 11) is 0. The molecule has 0 amide bonds. The minimum Gasteiger partial charge on any atom is -0.155 e. The average molecular weight is 379 g/mol. The van der Waals surface area contributed by atoms with Gasteiger partial charge >= 0.3 is 0 Å². The molecule has 28 heavy (non-hydrogen) atoms. The van der Waals surface area contributed by atoms with Crippen LogP contribution in [0.5, 0.6) is 0 Å². The number of aromatic nitrogens is 2. The maximum absolute atomic E-state index is 4.61. The maximum Gasteiger partial charge on any atom is 0.0929 e. The first-order valence-corrected chi connectivity index (χ1v) is 11.7. The topological polar surface area (TPSA) is 25.8 Å². The Labute approximate surface area is 172 Å². The molecule has 0 spiro atoms. The molecular weight excluding hydrogens is 340 g/mol. The minimum atomic E-state index is 0.616. The van der Waals surface area contributed by atoms with Gasteiger partial charge in [0.05, 0.1) is 11.4 Å². The molecular formula is C26H38N2. The molecule has 0 unspecified atom stereocenters. The average Bonchev–Trinajstić information content (AvgIpc) is 2.75. The van der Waals surface area contributed by atoms with Gasteiger partial charge in [0.1, 0.15) is 0 Å². The lowest BCUT2D eigenvalue weighted by atomic mass is 9.78. The van der Waals surface area contributed by atoms with E-state index in [0.717, 1.165) is 18.0 Å². The molecule has 0 aliphatic heterocycles. The highest BCUT2D eigenvalue weighted by atomic mass is 15.1. The molecule has 1 saturated carbocycles. The van der Waals surface area contributed by atoms with E-state index in [1.54, 1.807) is 0 Å². The van der Waals surface area contributed by atoms with E-state index in [1.165, 1.54) is 87.4 Å². The number of hydrogen-bond donors (Lipinski definition) is 0. The summed E-state index contributed by atoms with van der Waals surface area (Å²) in [6.45, 7) is 4.51. The van der Waals surface area contributed by atoms with Gasteiger partial charge in [-0.1, -0.05) is 83.1 Å². The summed E-state index contributed by atoms with van der Waals surface area (Å²) in [6, 6.07) is 13.2. The van der Waals surface area contributed by atoms with Crippen LogP contribution in [0.2, 0.25) is 0 Å². The van der Waals surface area contributed by atoms with Crippen molar-refractivity contribution in [1.29, 1.82) is 0 Å². The highest BCUT2D eigenvalue weighted by Gasteiger charge is 2.23. The molecule has 1 aromatic carbocycles. The van der Waals surface area contributed by atoms with Crippen molar-refractivity contribution in [2.45, 2.75) is 96.8 Å². The molecule has 1 aromatic heterocycles. The zero-order valence-electron chi connectivity index (χ0n) is 18.0. The van der Waals surface area contributed by atoms with Crippen molar-refractivity contribution in [1.82, 2.24) is 10.2 Å². The summed E-state index contributed by atoms with van der Waals surface area (Å²) < 4.78 is 0.